The molecular weight excluding hydrogens is 370 g/mol. The molecule has 8 heteroatoms. The van der Waals surface area contributed by atoms with E-state index in [0.717, 1.165) is 5.56 Å². The molecule has 1 amide bonds. The van der Waals surface area contributed by atoms with E-state index in [-0.39, 0.29) is 10.7 Å². The fraction of sp³-hybridized carbons (Fsp3) is 0.0526. The summed E-state index contributed by atoms with van der Waals surface area (Å²) in [6.07, 6.45) is 2.86. The molecule has 0 radical (unpaired) electrons. The zero-order valence-electron chi connectivity index (χ0n) is 14.2. The van der Waals surface area contributed by atoms with Crippen LogP contribution in [0.2, 0.25) is 5.15 Å². The van der Waals surface area contributed by atoms with Crippen molar-refractivity contribution in [1.82, 2.24) is 10.4 Å². The molecule has 2 aromatic heterocycles. The van der Waals surface area contributed by atoms with E-state index in [1.807, 2.05) is 0 Å². The lowest BCUT2D eigenvalue weighted by atomic mass is 10.1. The standard InChI is InChI=1S/C19H14ClN3O4/c1-26-19(25)13-6-4-12(5-7-13)16-9-8-14(27-16)11-22-23-18(24)15-3-2-10-21-17(15)20/h2-11H,1H3,(H,23,24)/b22-11-. The third-order valence-electron chi connectivity index (χ3n) is 3.58. The zero-order chi connectivity index (χ0) is 19.2. The number of carbonyl (C=O) groups excluding carboxylic acids is 2. The monoisotopic (exact) mass is 383 g/mol. The number of amides is 1. The molecule has 0 saturated heterocycles. The Kier molecular flexibility index (Phi) is 5.63. The quantitative estimate of drug-likeness (QED) is 0.315. The van der Waals surface area contributed by atoms with Gasteiger partial charge in [-0.25, -0.2) is 15.2 Å². The lowest BCUT2D eigenvalue weighted by Crippen LogP contribution is -2.18. The molecule has 0 bridgehead atoms. The fourth-order valence-corrected chi connectivity index (χ4v) is 2.44. The summed E-state index contributed by atoms with van der Waals surface area (Å²) in [7, 11) is 1.33. The maximum atomic E-state index is 12.0. The van der Waals surface area contributed by atoms with Crippen LogP contribution in [0.25, 0.3) is 11.3 Å². The number of hydrogen-bond donors (Lipinski definition) is 1. The van der Waals surface area contributed by atoms with Gasteiger partial charge >= 0.3 is 5.97 Å². The topological polar surface area (TPSA) is 93.8 Å². The molecule has 1 aromatic carbocycles. The molecule has 136 valence electrons. The maximum Gasteiger partial charge on any atom is 0.337 e. The predicted molar refractivity (Wildman–Crippen MR) is 99.8 cm³/mol. The fourth-order valence-electron chi connectivity index (χ4n) is 2.24. The van der Waals surface area contributed by atoms with Crippen LogP contribution in [0.3, 0.4) is 0 Å². The van der Waals surface area contributed by atoms with Gasteiger partial charge in [-0.05, 0) is 36.4 Å². The minimum atomic E-state index is -0.477. The van der Waals surface area contributed by atoms with Crippen LogP contribution in [0, 0.1) is 0 Å². The second kappa shape index (κ2) is 8.29. The number of halogens is 1. The maximum absolute atomic E-state index is 12.0. The first-order chi connectivity index (χ1) is 13.1. The van der Waals surface area contributed by atoms with E-state index < -0.39 is 11.9 Å². The first kappa shape index (κ1) is 18.3. The van der Waals surface area contributed by atoms with Crippen molar-refractivity contribution < 1.29 is 18.7 Å². The summed E-state index contributed by atoms with van der Waals surface area (Å²) >= 11 is 5.85. The Morgan fingerprint density at radius 2 is 1.96 bits per heavy atom. The van der Waals surface area contributed by atoms with Crippen molar-refractivity contribution in [3.63, 3.8) is 0 Å². The van der Waals surface area contributed by atoms with Crippen LogP contribution in [0.1, 0.15) is 26.5 Å². The van der Waals surface area contributed by atoms with E-state index in [2.05, 4.69) is 20.2 Å². The molecule has 0 fully saturated rings. The Morgan fingerprint density at radius 3 is 2.67 bits per heavy atom. The van der Waals surface area contributed by atoms with E-state index in [9.17, 15) is 9.59 Å². The number of carbonyl (C=O) groups is 2. The minimum absolute atomic E-state index is 0.0980. The molecule has 7 nitrogen and oxygen atoms in total. The molecule has 3 rings (SSSR count). The number of hydrogen-bond acceptors (Lipinski definition) is 6. The van der Waals surface area contributed by atoms with Gasteiger partial charge in [-0.1, -0.05) is 23.7 Å². The van der Waals surface area contributed by atoms with E-state index in [4.69, 9.17) is 16.0 Å². The average molecular weight is 384 g/mol. The lowest BCUT2D eigenvalue weighted by Gasteiger charge is -2.01. The van der Waals surface area contributed by atoms with Crippen molar-refractivity contribution in [2.45, 2.75) is 0 Å². The highest BCUT2D eigenvalue weighted by molar-refractivity contribution is 6.32. The van der Waals surface area contributed by atoms with Gasteiger partial charge in [-0.3, -0.25) is 4.79 Å². The number of hydrazone groups is 1. The van der Waals surface area contributed by atoms with Gasteiger partial charge in [0, 0.05) is 11.8 Å². The smallest absolute Gasteiger partial charge is 0.337 e. The third kappa shape index (κ3) is 4.39. The molecule has 2 heterocycles. The van der Waals surface area contributed by atoms with Crippen molar-refractivity contribution in [1.29, 1.82) is 0 Å². The van der Waals surface area contributed by atoms with Crippen LogP contribution >= 0.6 is 11.6 Å². The molecule has 27 heavy (non-hydrogen) atoms. The number of benzene rings is 1. The SMILES string of the molecule is COC(=O)c1ccc(-c2ccc(/C=N\NC(=O)c3cccnc3Cl)o2)cc1. The molecule has 0 saturated carbocycles. The molecule has 0 spiro atoms. The van der Waals surface area contributed by atoms with Crippen LogP contribution in [0.4, 0.5) is 0 Å². The molecule has 1 N–H and O–H groups in total. The summed E-state index contributed by atoms with van der Waals surface area (Å²) in [6.45, 7) is 0. The summed E-state index contributed by atoms with van der Waals surface area (Å²) in [5, 5.41) is 3.95. The van der Waals surface area contributed by atoms with Crippen molar-refractivity contribution in [3.05, 3.63) is 76.8 Å². The van der Waals surface area contributed by atoms with E-state index in [1.165, 1.54) is 19.5 Å². The summed E-state index contributed by atoms with van der Waals surface area (Å²) in [5.41, 5.74) is 3.82. The van der Waals surface area contributed by atoms with Crippen LogP contribution in [0.5, 0.6) is 0 Å². The van der Waals surface area contributed by atoms with Gasteiger partial charge in [0.25, 0.3) is 5.91 Å². The molecule has 0 aliphatic heterocycles. The highest BCUT2D eigenvalue weighted by Crippen LogP contribution is 2.22. The normalized spacial score (nSPS) is 10.7. The molecular formula is C19H14ClN3O4. The Balaban J connectivity index is 1.65. The number of nitrogens with zero attached hydrogens (tertiary/aromatic N) is 2. The highest BCUT2D eigenvalue weighted by atomic mass is 35.5. The Morgan fingerprint density at radius 1 is 1.19 bits per heavy atom. The number of rotatable bonds is 5. The highest BCUT2D eigenvalue weighted by Gasteiger charge is 2.10. The molecule has 0 atom stereocenters. The zero-order valence-corrected chi connectivity index (χ0v) is 14.9. The number of furan rings is 1. The van der Waals surface area contributed by atoms with Gasteiger partial charge in [0.15, 0.2) is 0 Å². The Bertz CT molecular complexity index is 996. The number of ether oxygens (including phenoxy) is 1. The summed E-state index contributed by atoms with van der Waals surface area (Å²) < 4.78 is 10.3. The molecule has 0 unspecified atom stereocenters. The molecule has 0 aliphatic rings. The van der Waals surface area contributed by atoms with Crippen molar-refractivity contribution in [2.24, 2.45) is 5.10 Å². The second-order valence-corrected chi connectivity index (χ2v) is 5.67. The summed E-state index contributed by atoms with van der Waals surface area (Å²) in [6, 6.07) is 13.4. The lowest BCUT2D eigenvalue weighted by molar-refractivity contribution is 0.0600. The largest absolute Gasteiger partial charge is 0.465 e. The van der Waals surface area contributed by atoms with Gasteiger partial charge < -0.3 is 9.15 Å². The van der Waals surface area contributed by atoms with Crippen molar-refractivity contribution in [2.75, 3.05) is 7.11 Å². The van der Waals surface area contributed by atoms with Gasteiger partial charge in [-0.15, -0.1) is 0 Å². The number of esters is 1. The average Bonchev–Trinajstić information content (AvgIpc) is 3.16. The molecule has 3 aromatic rings. The second-order valence-electron chi connectivity index (χ2n) is 5.31. The van der Waals surface area contributed by atoms with Gasteiger partial charge in [0.2, 0.25) is 0 Å². The van der Waals surface area contributed by atoms with E-state index in [1.54, 1.807) is 48.5 Å². The van der Waals surface area contributed by atoms with Crippen LogP contribution in [0.15, 0.2) is 64.2 Å². The molecule has 0 aliphatic carbocycles. The van der Waals surface area contributed by atoms with Crippen molar-refractivity contribution >= 4 is 29.7 Å². The van der Waals surface area contributed by atoms with E-state index >= 15 is 0 Å². The van der Waals surface area contributed by atoms with Gasteiger partial charge in [0.1, 0.15) is 16.7 Å². The number of pyridine rings is 1. The number of methoxy groups -OCH3 is 1. The van der Waals surface area contributed by atoms with Gasteiger partial charge in [-0.2, -0.15) is 5.10 Å². The first-order valence-electron chi connectivity index (χ1n) is 7.81. The van der Waals surface area contributed by atoms with Crippen LogP contribution < -0.4 is 5.43 Å². The van der Waals surface area contributed by atoms with Crippen LogP contribution in [-0.2, 0) is 4.74 Å². The van der Waals surface area contributed by atoms with Crippen LogP contribution in [-0.4, -0.2) is 30.2 Å². The van der Waals surface area contributed by atoms with Gasteiger partial charge in [0.05, 0.1) is 24.5 Å². The Labute approximate surface area is 159 Å². The predicted octanol–water partition coefficient (Wildman–Crippen LogP) is 3.55. The summed E-state index contributed by atoms with van der Waals surface area (Å²) in [4.78, 5) is 27.3. The number of aromatic nitrogens is 1. The van der Waals surface area contributed by atoms with E-state index in [0.29, 0.717) is 17.1 Å². The Hall–Kier alpha value is -3.45. The first-order valence-corrected chi connectivity index (χ1v) is 8.19. The number of nitrogens with one attached hydrogen (secondary N) is 1. The minimum Gasteiger partial charge on any atom is -0.465 e. The van der Waals surface area contributed by atoms with Crippen molar-refractivity contribution in [3.8, 4) is 11.3 Å². The third-order valence-corrected chi connectivity index (χ3v) is 3.88. The summed E-state index contributed by atoms with van der Waals surface area (Å²) in [5.74, 6) is 0.155.